The Bertz CT molecular complexity index is 709. The van der Waals surface area contributed by atoms with E-state index in [4.69, 9.17) is 10.00 Å². The molecule has 144 valence electrons. The van der Waals surface area contributed by atoms with Gasteiger partial charge in [-0.3, -0.25) is 9.80 Å². The largest absolute Gasteiger partial charge is 0.379 e. The fourth-order valence-corrected chi connectivity index (χ4v) is 3.83. The minimum Gasteiger partial charge on any atom is -0.379 e. The van der Waals surface area contributed by atoms with E-state index in [0.717, 1.165) is 45.0 Å². The second kappa shape index (κ2) is 10.00. The van der Waals surface area contributed by atoms with Crippen LogP contribution in [-0.4, -0.2) is 82.6 Å². The molecule has 0 unspecified atom stereocenters. The zero-order valence-corrected chi connectivity index (χ0v) is 16.4. The van der Waals surface area contributed by atoms with Crippen LogP contribution in [0.4, 0.5) is 0 Å². The van der Waals surface area contributed by atoms with Crippen molar-refractivity contribution in [1.29, 1.82) is 5.26 Å². The highest BCUT2D eigenvalue weighted by Crippen LogP contribution is 2.16. The molecule has 2 rings (SSSR count). The molecule has 0 atom stereocenters. The van der Waals surface area contributed by atoms with Crippen molar-refractivity contribution in [2.45, 2.75) is 17.9 Å². The predicted octanol–water partition coefficient (Wildman–Crippen LogP) is 0.985. The Morgan fingerprint density at radius 3 is 2.62 bits per heavy atom. The van der Waals surface area contributed by atoms with Gasteiger partial charge in [-0.2, -0.15) is 5.26 Å². The van der Waals surface area contributed by atoms with Crippen LogP contribution in [-0.2, 0) is 21.3 Å². The van der Waals surface area contributed by atoms with Gasteiger partial charge in [0.2, 0.25) is 10.0 Å². The van der Waals surface area contributed by atoms with E-state index < -0.39 is 10.0 Å². The Kier molecular flexibility index (Phi) is 8.00. The van der Waals surface area contributed by atoms with Gasteiger partial charge in [0.1, 0.15) is 0 Å². The van der Waals surface area contributed by atoms with Gasteiger partial charge in [0, 0.05) is 59.8 Å². The van der Waals surface area contributed by atoms with Crippen LogP contribution in [0.1, 0.15) is 12.0 Å². The molecular weight excluding hydrogens is 352 g/mol. The zero-order valence-electron chi connectivity index (χ0n) is 15.6. The van der Waals surface area contributed by atoms with Gasteiger partial charge in [-0.15, -0.1) is 0 Å². The molecule has 0 spiro atoms. The summed E-state index contributed by atoms with van der Waals surface area (Å²) in [5.41, 5.74) is 0.938. The van der Waals surface area contributed by atoms with Crippen molar-refractivity contribution in [3.05, 3.63) is 29.8 Å². The number of nitriles is 1. The maximum atomic E-state index is 12.3. The quantitative estimate of drug-likeness (QED) is 0.636. The number of rotatable bonds is 9. The number of nitrogens with zero attached hydrogens (tertiary/aromatic N) is 4. The number of benzene rings is 1. The van der Waals surface area contributed by atoms with Crippen LogP contribution in [0.3, 0.4) is 0 Å². The van der Waals surface area contributed by atoms with E-state index in [2.05, 4.69) is 15.9 Å². The summed E-state index contributed by atoms with van der Waals surface area (Å²) in [6.45, 7) is 6.46. The highest BCUT2D eigenvalue weighted by atomic mass is 32.2. The van der Waals surface area contributed by atoms with Crippen molar-refractivity contribution < 1.29 is 13.2 Å². The molecule has 1 aliphatic heterocycles. The lowest BCUT2D eigenvalue weighted by Gasteiger charge is -2.30. The van der Waals surface area contributed by atoms with Crippen molar-refractivity contribution in [2.75, 3.05) is 60.0 Å². The molecule has 0 bridgehead atoms. The fraction of sp³-hybridized carbons (Fsp3) is 0.611. The first kappa shape index (κ1) is 20.8. The third kappa shape index (κ3) is 6.04. The Hall–Kier alpha value is -1.50. The smallest absolute Gasteiger partial charge is 0.242 e. The lowest BCUT2D eigenvalue weighted by atomic mass is 10.2. The number of sulfonamides is 1. The van der Waals surface area contributed by atoms with Crippen LogP contribution in [0.5, 0.6) is 0 Å². The van der Waals surface area contributed by atoms with E-state index in [0.29, 0.717) is 24.4 Å². The highest BCUT2D eigenvalue weighted by Gasteiger charge is 2.18. The molecule has 0 saturated carbocycles. The van der Waals surface area contributed by atoms with Crippen molar-refractivity contribution >= 4 is 10.0 Å². The summed E-state index contributed by atoms with van der Waals surface area (Å²) in [6.07, 6.45) is 0.457. The van der Waals surface area contributed by atoms with Gasteiger partial charge in [0.25, 0.3) is 0 Å². The summed E-state index contributed by atoms with van der Waals surface area (Å²) in [6, 6.07) is 9.24. The molecule has 1 aromatic rings. The number of ether oxygens (including phenoxy) is 1. The minimum absolute atomic E-state index is 0.299. The lowest BCUT2D eigenvalue weighted by Crippen LogP contribution is -2.41. The average molecular weight is 381 g/mol. The van der Waals surface area contributed by atoms with Gasteiger partial charge in [-0.1, -0.05) is 12.1 Å². The third-order valence-corrected chi connectivity index (χ3v) is 6.27. The van der Waals surface area contributed by atoms with Crippen LogP contribution in [0.25, 0.3) is 0 Å². The van der Waals surface area contributed by atoms with Crippen molar-refractivity contribution in [2.24, 2.45) is 0 Å². The summed E-state index contributed by atoms with van der Waals surface area (Å²) in [5.74, 6) is 0. The van der Waals surface area contributed by atoms with E-state index >= 15 is 0 Å². The summed E-state index contributed by atoms with van der Waals surface area (Å²) in [7, 11) is -0.379. The minimum atomic E-state index is -3.44. The van der Waals surface area contributed by atoms with Crippen molar-refractivity contribution in [3.8, 4) is 6.07 Å². The number of hydrogen-bond acceptors (Lipinski definition) is 6. The Balaban J connectivity index is 2.03. The highest BCUT2D eigenvalue weighted by molar-refractivity contribution is 7.89. The monoisotopic (exact) mass is 380 g/mol. The lowest BCUT2D eigenvalue weighted by molar-refractivity contribution is 0.0330. The standard InChI is InChI=1S/C18H28N4O3S/c1-20(2)26(23,24)18-6-3-5-17(15-18)16-22(8-4-7-19)10-9-21-11-13-25-14-12-21/h3,5-6,15H,4,8-14,16H2,1-2H3. The maximum Gasteiger partial charge on any atom is 0.242 e. The maximum absolute atomic E-state index is 12.3. The molecule has 0 amide bonds. The van der Waals surface area contributed by atoms with Crippen LogP contribution in [0.15, 0.2) is 29.2 Å². The van der Waals surface area contributed by atoms with Gasteiger partial charge >= 0.3 is 0 Å². The predicted molar refractivity (Wildman–Crippen MR) is 100 cm³/mol. The van der Waals surface area contributed by atoms with Gasteiger partial charge < -0.3 is 4.74 Å². The van der Waals surface area contributed by atoms with E-state index in [1.807, 2.05) is 6.07 Å². The Morgan fingerprint density at radius 2 is 1.96 bits per heavy atom. The molecule has 1 aromatic carbocycles. The Morgan fingerprint density at radius 1 is 1.23 bits per heavy atom. The SMILES string of the molecule is CN(C)S(=O)(=O)c1cccc(CN(CCC#N)CCN2CCOCC2)c1. The van der Waals surface area contributed by atoms with E-state index in [-0.39, 0.29) is 0 Å². The van der Waals surface area contributed by atoms with Crippen LogP contribution in [0, 0.1) is 11.3 Å². The normalized spacial score (nSPS) is 16.1. The zero-order chi connectivity index (χ0) is 19.0. The summed E-state index contributed by atoms with van der Waals surface area (Å²) in [5, 5.41) is 8.92. The number of morpholine rings is 1. The van der Waals surface area contributed by atoms with Gasteiger partial charge in [-0.05, 0) is 17.7 Å². The molecular formula is C18H28N4O3S. The van der Waals surface area contributed by atoms with Crippen LogP contribution < -0.4 is 0 Å². The molecule has 26 heavy (non-hydrogen) atoms. The molecule has 1 fully saturated rings. The second-order valence-corrected chi connectivity index (χ2v) is 8.72. The van der Waals surface area contributed by atoms with E-state index in [1.54, 1.807) is 18.2 Å². The summed E-state index contributed by atoms with van der Waals surface area (Å²) < 4.78 is 31.2. The average Bonchev–Trinajstić information content (AvgIpc) is 2.65. The Labute approximate surface area is 156 Å². The molecule has 1 heterocycles. The van der Waals surface area contributed by atoms with E-state index in [1.165, 1.54) is 18.4 Å². The van der Waals surface area contributed by atoms with Gasteiger partial charge in [-0.25, -0.2) is 12.7 Å². The summed E-state index contributed by atoms with van der Waals surface area (Å²) >= 11 is 0. The van der Waals surface area contributed by atoms with Crippen molar-refractivity contribution in [1.82, 2.24) is 14.1 Å². The van der Waals surface area contributed by atoms with Crippen molar-refractivity contribution in [3.63, 3.8) is 0 Å². The molecule has 0 aliphatic carbocycles. The number of hydrogen-bond donors (Lipinski definition) is 0. The molecule has 1 aliphatic rings. The second-order valence-electron chi connectivity index (χ2n) is 6.57. The molecule has 1 saturated heterocycles. The van der Waals surface area contributed by atoms with E-state index in [9.17, 15) is 8.42 Å². The summed E-state index contributed by atoms with van der Waals surface area (Å²) in [4.78, 5) is 4.86. The molecule has 0 radical (unpaired) electrons. The molecule has 0 N–H and O–H groups in total. The molecule has 7 nitrogen and oxygen atoms in total. The van der Waals surface area contributed by atoms with Gasteiger partial charge in [0.15, 0.2) is 0 Å². The first-order valence-corrected chi connectivity index (χ1v) is 10.3. The van der Waals surface area contributed by atoms with Crippen LogP contribution >= 0.6 is 0 Å². The first-order valence-electron chi connectivity index (χ1n) is 8.84. The first-order chi connectivity index (χ1) is 12.4. The van der Waals surface area contributed by atoms with Crippen LogP contribution in [0.2, 0.25) is 0 Å². The fourth-order valence-electron chi connectivity index (χ4n) is 2.86. The third-order valence-electron chi connectivity index (χ3n) is 4.46. The van der Waals surface area contributed by atoms with Gasteiger partial charge in [0.05, 0.1) is 24.2 Å². The topological polar surface area (TPSA) is 76.9 Å². The molecule has 0 aromatic heterocycles. The molecule has 8 heteroatoms.